The molecule has 0 atom stereocenters. The zero-order valence-electron chi connectivity index (χ0n) is 35.5. The van der Waals surface area contributed by atoms with E-state index in [1.807, 2.05) is 11.3 Å². The Bertz CT molecular complexity index is 2900. The van der Waals surface area contributed by atoms with Gasteiger partial charge in [-0.25, -0.2) is 0 Å². The van der Waals surface area contributed by atoms with Crippen LogP contribution in [0.5, 0.6) is 0 Å². The van der Waals surface area contributed by atoms with E-state index in [0.29, 0.717) is 0 Å². The third-order valence-electron chi connectivity index (χ3n) is 12.5. The van der Waals surface area contributed by atoms with E-state index >= 15 is 0 Å². The van der Waals surface area contributed by atoms with Gasteiger partial charge in [0.2, 0.25) is 0 Å². The predicted molar refractivity (Wildman–Crippen MR) is 254 cm³/mol. The smallest absolute Gasteiger partial charge is 0.264 e. The molecule has 5 heteroatoms. The van der Waals surface area contributed by atoms with Gasteiger partial charge in [-0.2, -0.15) is 0 Å². The average molecular weight is 774 g/mol. The minimum Gasteiger partial charge on any atom is -0.311 e. The van der Waals surface area contributed by atoms with Crippen molar-refractivity contribution in [3.05, 3.63) is 156 Å². The molecule has 0 N–H and O–H groups in total. The molecular formula is C53H52BN3S. The van der Waals surface area contributed by atoms with E-state index in [-0.39, 0.29) is 23.0 Å². The number of rotatable bonds is 3. The third-order valence-corrected chi connectivity index (χ3v) is 13.7. The number of aromatic nitrogens is 1. The lowest BCUT2D eigenvalue weighted by atomic mass is 9.36. The summed E-state index contributed by atoms with van der Waals surface area (Å²) in [5.74, 6) is 0. The van der Waals surface area contributed by atoms with Crippen molar-refractivity contribution in [2.24, 2.45) is 0 Å². The Morgan fingerprint density at radius 2 is 1.03 bits per heavy atom. The molecule has 288 valence electrons. The molecule has 0 unspecified atom stereocenters. The van der Waals surface area contributed by atoms with Crippen LogP contribution in [-0.4, -0.2) is 11.3 Å². The summed E-state index contributed by atoms with van der Waals surface area (Å²) in [5.41, 5.74) is 19.2. The number of nitrogens with zero attached hydrogens (tertiary/aromatic N) is 3. The Labute approximate surface area is 348 Å². The number of aryl methyl sites for hydroxylation is 1. The van der Waals surface area contributed by atoms with Crippen molar-refractivity contribution >= 4 is 89.0 Å². The van der Waals surface area contributed by atoms with Gasteiger partial charge in [-0.3, -0.25) is 0 Å². The van der Waals surface area contributed by atoms with Crippen LogP contribution in [0, 0.1) is 6.92 Å². The molecule has 6 aromatic carbocycles. The molecule has 8 aromatic rings. The van der Waals surface area contributed by atoms with Crippen molar-refractivity contribution in [2.75, 3.05) is 9.80 Å². The number of fused-ring (bicyclic) bond motifs is 8. The highest BCUT2D eigenvalue weighted by atomic mass is 32.1. The highest BCUT2D eigenvalue weighted by molar-refractivity contribution is 7.34. The second kappa shape index (κ2) is 12.7. The fourth-order valence-corrected chi connectivity index (χ4v) is 10.8. The molecule has 3 nitrogen and oxygen atoms in total. The van der Waals surface area contributed by atoms with Crippen LogP contribution in [0.3, 0.4) is 0 Å². The average Bonchev–Trinajstić information content (AvgIpc) is 3.72. The number of hydrogen-bond acceptors (Lipinski definition) is 3. The van der Waals surface area contributed by atoms with Crippen LogP contribution >= 0.6 is 11.3 Å². The van der Waals surface area contributed by atoms with Crippen LogP contribution in [0.2, 0.25) is 0 Å². The highest BCUT2D eigenvalue weighted by Crippen LogP contribution is 2.51. The van der Waals surface area contributed by atoms with Crippen molar-refractivity contribution in [2.45, 2.75) is 85.5 Å². The quantitative estimate of drug-likeness (QED) is 0.166. The van der Waals surface area contributed by atoms with Gasteiger partial charge in [-0.15, -0.1) is 11.3 Å². The van der Waals surface area contributed by atoms with Crippen molar-refractivity contribution in [1.29, 1.82) is 0 Å². The first-order chi connectivity index (χ1) is 27.6. The zero-order valence-corrected chi connectivity index (χ0v) is 36.3. The molecule has 2 aromatic heterocycles. The molecule has 58 heavy (non-hydrogen) atoms. The van der Waals surface area contributed by atoms with E-state index in [9.17, 15) is 0 Å². The summed E-state index contributed by atoms with van der Waals surface area (Å²) < 4.78 is 5.25. The number of para-hydroxylation sites is 2. The van der Waals surface area contributed by atoms with E-state index in [2.05, 4.69) is 217 Å². The monoisotopic (exact) mass is 773 g/mol. The van der Waals surface area contributed by atoms with Gasteiger partial charge in [0.05, 0.1) is 21.4 Å². The zero-order chi connectivity index (χ0) is 40.5. The minimum atomic E-state index is -0.0107. The van der Waals surface area contributed by atoms with Crippen molar-refractivity contribution < 1.29 is 0 Å². The summed E-state index contributed by atoms with van der Waals surface area (Å²) in [4.78, 5) is 5.16. The first-order valence-electron chi connectivity index (χ1n) is 20.8. The maximum atomic E-state index is 2.61. The van der Waals surface area contributed by atoms with Gasteiger partial charge in [0.25, 0.3) is 6.71 Å². The minimum absolute atomic E-state index is 0.0107. The summed E-state index contributed by atoms with van der Waals surface area (Å²) in [6.07, 6.45) is 0. The Hall–Kier alpha value is -5.52. The topological polar surface area (TPSA) is 11.4 Å². The number of hydrogen-bond donors (Lipinski definition) is 0. The fourth-order valence-electron chi connectivity index (χ4n) is 9.39. The number of benzene rings is 6. The normalized spacial score (nSPS) is 13.9. The second-order valence-electron chi connectivity index (χ2n) is 19.6. The SMILES string of the molecule is Cc1cc2c3c(c1)N(c1ccc(C(C)(C)C)cc1)c1c(sc4c5ccccc5n(-c5ccccc5)c14)B3c1cc(C(C)(C)C)ccc1N2c1ccc(C(C)(C)C)cc1. The molecule has 4 heterocycles. The van der Waals surface area contributed by atoms with Crippen LogP contribution in [0.4, 0.5) is 34.1 Å². The molecule has 0 fully saturated rings. The van der Waals surface area contributed by atoms with Gasteiger partial charge in [0.1, 0.15) is 0 Å². The standard InChI is InChI=1S/C53H52BN3S/c1-33-30-44-46-45(31-33)57(39-27-22-35(23-28-39)52(5,6)7)48-47-49(40-18-14-15-19-42(40)56(47)37-16-12-11-13-17-37)58-50(48)54(46)41-32-36(53(8,9)10)24-29-43(41)55(44)38-25-20-34(21-26-38)51(2,3)4/h11-32H,1-10H3. The molecule has 0 saturated heterocycles. The van der Waals surface area contributed by atoms with E-state index in [1.165, 1.54) is 98.9 Å². The maximum Gasteiger partial charge on any atom is 0.264 e. The molecule has 2 aliphatic rings. The van der Waals surface area contributed by atoms with Crippen molar-refractivity contribution in [3.63, 3.8) is 0 Å². The summed E-state index contributed by atoms with van der Waals surface area (Å²) in [7, 11) is 0. The molecule has 0 aliphatic carbocycles. The molecule has 0 spiro atoms. The lowest BCUT2D eigenvalue weighted by molar-refractivity contribution is 0.590. The van der Waals surface area contributed by atoms with Crippen molar-refractivity contribution in [3.8, 4) is 5.69 Å². The molecule has 2 aliphatic heterocycles. The molecule has 0 bridgehead atoms. The lowest BCUT2D eigenvalue weighted by Gasteiger charge is -2.44. The second-order valence-corrected chi connectivity index (χ2v) is 20.7. The van der Waals surface area contributed by atoms with E-state index < -0.39 is 0 Å². The van der Waals surface area contributed by atoms with E-state index in [0.717, 1.165) is 0 Å². The fraction of sp³-hybridized carbons (Fsp3) is 0.245. The van der Waals surface area contributed by atoms with E-state index in [4.69, 9.17) is 0 Å². The third kappa shape index (κ3) is 5.61. The molecular weight excluding hydrogens is 721 g/mol. The van der Waals surface area contributed by atoms with Gasteiger partial charge >= 0.3 is 0 Å². The van der Waals surface area contributed by atoms with Gasteiger partial charge in [0, 0.05) is 44.3 Å². The van der Waals surface area contributed by atoms with Gasteiger partial charge in [0.15, 0.2) is 0 Å². The Morgan fingerprint density at radius 3 is 1.64 bits per heavy atom. The Kier molecular flexibility index (Phi) is 8.08. The van der Waals surface area contributed by atoms with Gasteiger partial charge in [-0.05, 0) is 117 Å². The highest BCUT2D eigenvalue weighted by Gasteiger charge is 2.46. The Morgan fingerprint density at radius 1 is 0.500 bits per heavy atom. The summed E-state index contributed by atoms with van der Waals surface area (Å²) >= 11 is 1.99. The van der Waals surface area contributed by atoms with Crippen molar-refractivity contribution in [1.82, 2.24) is 4.57 Å². The number of thiophene rings is 1. The maximum absolute atomic E-state index is 2.61. The van der Waals surface area contributed by atoms with Crippen LogP contribution in [0.15, 0.2) is 133 Å². The van der Waals surface area contributed by atoms with E-state index in [1.54, 1.807) is 0 Å². The van der Waals surface area contributed by atoms with Gasteiger partial charge in [-0.1, -0.05) is 135 Å². The van der Waals surface area contributed by atoms with Crippen LogP contribution < -0.4 is 25.5 Å². The lowest BCUT2D eigenvalue weighted by Crippen LogP contribution is -2.60. The van der Waals surface area contributed by atoms with Crippen LogP contribution in [-0.2, 0) is 16.2 Å². The summed E-state index contributed by atoms with van der Waals surface area (Å²) in [6.45, 7) is 23.1. The van der Waals surface area contributed by atoms with Crippen LogP contribution in [0.1, 0.15) is 84.6 Å². The van der Waals surface area contributed by atoms with Crippen LogP contribution in [0.25, 0.3) is 26.8 Å². The molecule has 0 radical (unpaired) electrons. The summed E-state index contributed by atoms with van der Waals surface area (Å²) in [5, 5.41) is 1.30. The summed E-state index contributed by atoms with van der Waals surface area (Å²) in [6, 6.07) is 50.9. The largest absolute Gasteiger partial charge is 0.311 e. The number of anilines is 6. The molecule has 0 amide bonds. The first kappa shape index (κ1) is 36.8. The molecule has 10 rings (SSSR count). The van der Waals surface area contributed by atoms with Gasteiger partial charge < -0.3 is 14.4 Å². The predicted octanol–water partition coefficient (Wildman–Crippen LogP) is 13.1. The first-order valence-corrected chi connectivity index (χ1v) is 21.6. The molecule has 0 saturated carbocycles. The Balaban J connectivity index is 1.34.